The van der Waals surface area contributed by atoms with E-state index in [0.717, 1.165) is 16.5 Å². The number of carbonyl (C=O) groups is 2. The maximum Gasteiger partial charge on any atom is 0.303 e. The van der Waals surface area contributed by atoms with Crippen LogP contribution in [0.2, 0.25) is 10.0 Å². The quantitative estimate of drug-likeness (QED) is 0.842. The van der Waals surface area contributed by atoms with E-state index in [0.29, 0.717) is 22.3 Å². The van der Waals surface area contributed by atoms with Crippen LogP contribution in [-0.4, -0.2) is 25.4 Å². The van der Waals surface area contributed by atoms with Gasteiger partial charge < -0.3 is 4.90 Å². The molecule has 1 N–H and O–H groups in total. The van der Waals surface area contributed by atoms with Crippen molar-refractivity contribution in [1.29, 1.82) is 0 Å². The summed E-state index contributed by atoms with van der Waals surface area (Å²) in [7, 11) is 1.89. The molecule has 0 radical (unpaired) electrons. The molecule has 0 saturated heterocycles. The third kappa shape index (κ3) is 3.15. The van der Waals surface area contributed by atoms with Crippen molar-refractivity contribution in [3.05, 3.63) is 63.4 Å². The molecule has 0 saturated carbocycles. The molecule has 124 valence electrons. The number of anilines is 1. The predicted octanol–water partition coefficient (Wildman–Crippen LogP) is 2.33. The lowest BCUT2D eigenvalue weighted by Crippen LogP contribution is -3.09. The Labute approximate surface area is 148 Å². The average Bonchev–Trinajstić information content (AvgIpc) is 2.76. The second-order valence-corrected chi connectivity index (χ2v) is 6.58. The Morgan fingerprint density at radius 1 is 1.08 bits per heavy atom. The summed E-state index contributed by atoms with van der Waals surface area (Å²) in [6, 6.07) is 9.15. The molecule has 1 aliphatic heterocycles. The van der Waals surface area contributed by atoms with Crippen molar-refractivity contribution in [2.45, 2.75) is 6.54 Å². The zero-order valence-corrected chi connectivity index (χ0v) is 14.3. The number of Topliss-reactive ketones (excluding diaryl/α,β-unsaturated/α-hetero) is 1. The van der Waals surface area contributed by atoms with Gasteiger partial charge >= 0.3 is 5.91 Å². The van der Waals surface area contributed by atoms with Gasteiger partial charge in [-0.25, -0.2) is 4.39 Å². The summed E-state index contributed by atoms with van der Waals surface area (Å²) in [4.78, 5) is 26.5. The van der Waals surface area contributed by atoms with Gasteiger partial charge in [-0.05, 0) is 30.3 Å². The molecule has 24 heavy (non-hydrogen) atoms. The highest BCUT2D eigenvalue weighted by Gasteiger charge is 2.37. The number of hydrogen-bond acceptors (Lipinski definition) is 2. The van der Waals surface area contributed by atoms with Gasteiger partial charge in [0.1, 0.15) is 12.4 Å². The molecule has 2 aromatic carbocycles. The molecule has 1 unspecified atom stereocenters. The SMILES string of the molecule is C[NH+](Cc1ccc(Cl)c(Cl)c1)CN1C(=O)C(=O)c2cc(F)ccc21. The molecular formula is C17H14Cl2FN2O2+. The van der Waals surface area contributed by atoms with Gasteiger partial charge in [-0.1, -0.05) is 29.3 Å². The minimum atomic E-state index is -0.674. The molecule has 0 fully saturated rings. The monoisotopic (exact) mass is 367 g/mol. The van der Waals surface area contributed by atoms with E-state index in [1.807, 2.05) is 13.1 Å². The van der Waals surface area contributed by atoms with Crippen LogP contribution >= 0.6 is 23.2 Å². The number of carbonyl (C=O) groups excluding carboxylic acids is 2. The number of ketones is 1. The summed E-state index contributed by atoms with van der Waals surface area (Å²) in [5.74, 6) is -1.84. The van der Waals surface area contributed by atoms with Gasteiger partial charge in [0.05, 0.1) is 28.3 Å². The summed E-state index contributed by atoms with van der Waals surface area (Å²) in [5, 5.41) is 0.949. The van der Waals surface area contributed by atoms with Gasteiger partial charge in [-0.2, -0.15) is 0 Å². The van der Waals surface area contributed by atoms with Gasteiger partial charge in [0.15, 0.2) is 6.67 Å². The predicted molar refractivity (Wildman–Crippen MR) is 90.1 cm³/mol. The van der Waals surface area contributed by atoms with Gasteiger partial charge in [0.2, 0.25) is 0 Å². The normalized spacial score (nSPS) is 14.9. The van der Waals surface area contributed by atoms with Crippen LogP contribution in [0.25, 0.3) is 0 Å². The van der Waals surface area contributed by atoms with Crippen molar-refractivity contribution in [1.82, 2.24) is 0 Å². The first-order valence-corrected chi connectivity index (χ1v) is 8.03. The lowest BCUT2D eigenvalue weighted by molar-refractivity contribution is -0.892. The van der Waals surface area contributed by atoms with E-state index < -0.39 is 17.5 Å². The van der Waals surface area contributed by atoms with Crippen LogP contribution in [0.15, 0.2) is 36.4 Å². The molecule has 1 heterocycles. The minimum Gasteiger partial charge on any atom is -0.316 e. The maximum absolute atomic E-state index is 13.3. The summed E-state index contributed by atoms with van der Waals surface area (Å²) in [6.07, 6.45) is 0. The lowest BCUT2D eigenvalue weighted by atomic mass is 10.1. The van der Waals surface area contributed by atoms with Crippen LogP contribution in [-0.2, 0) is 11.3 Å². The average molecular weight is 368 g/mol. The number of hydrogen-bond donors (Lipinski definition) is 1. The van der Waals surface area contributed by atoms with Crippen LogP contribution < -0.4 is 9.80 Å². The smallest absolute Gasteiger partial charge is 0.303 e. The van der Waals surface area contributed by atoms with E-state index in [4.69, 9.17) is 23.2 Å². The number of nitrogens with one attached hydrogen (secondary N) is 1. The number of fused-ring (bicyclic) bond motifs is 1. The Morgan fingerprint density at radius 2 is 1.83 bits per heavy atom. The van der Waals surface area contributed by atoms with E-state index in [2.05, 4.69) is 0 Å². The number of quaternary nitrogens is 1. The molecule has 7 heteroatoms. The minimum absolute atomic E-state index is 0.113. The largest absolute Gasteiger partial charge is 0.316 e. The van der Waals surface area contributed by atoms with Crippen molar-refractivity contribution >= 4 is 40.6 Å². The zero-order valence-electron chi connectivity index (χ0n) is 12.8. The third-order valence-corrected chi connectivity index (χ3v) is 4.59. The fourth-order valence-corrected chi connectivity index (χ4v) is 3.07. The van der Waals surface area contributed by atoms with Crippen molar-refractivity contribution < 1.29 is 18.9 Å². The molecule has 1 atom stereocenters. The first kappa shape index (κ1) is 16.9. The molecular weight excluding hydrogens is 354 g/mol. The fourth-order valence-electron chi connectivity index (χ4n) is 2.75. The first-order valence-electron chi connectivity index (χ1n) is 7.28. The Kier molecular flexibility index (Phi) is 4.58. The van der Waals surface area contributed by atoms with Crippen molar-refractivity contribution in [3.63, 3.8) is 0 Å². The summed E-state index contributed by atoms with van der Waals surface area (Å²) in [6.45, 7) is 0.870. The number of amides is 1. The third-order valence-electron chi connectivity index (χ3n) is 3.85. The van der Waals surface area contributed by atoms with Gasteiger partial charge in [0, 0.05) is 5.56 Å². The molecule has 1 amide bonds. The van der Waals surface area contributed by atoms with Gasteiger partial charge in [0.25, 0.3) is 5.78 Å². The highest BCUT2D eigenvalue weighted by atomic mass is 35.5. The van der Waals surface area contributed by atoms with Crippen molar-refractivity contribution in [2.24, 2.45) is 0 Å². The Morgan fingerprint density at radius 3 is 2.54 bits per heavy atom. The molecule has 1 aliphatic rings. The molecule has 0 aliphatic carbocycles. The van der Waals surface area contributed by atoms with E-state index in [9.17, 15) is 14.0 Å². The lowest BCUT2D eigenvalue weighted by Gasteiger charge is -2.21. The van der Waals surface area contributed by atoms with Crippen LogP contribution in [0, 0.1) is 5.82 Å². The highest BCUT2D eigenvalue weighted by molar-refractivity contribution is 6.52. The molecule has 2 aromatic rings. The standard InChI is InChI=1S/C17H13Cl2FN2O2/c1-21(8-10-2-4-13(18)14(19)6-10)9-22-15-5-3-11(20)7-12(15)16(23)17(22)24/h2-7H,8-9H2,1H3/p+1. The van der Waals surface area contributed by atoms with Crippen LogP contribution in [0.3, 0.4) is 0 Å². The summed E-state index contributed by atoms with van der Waals surface area (Å²) in [5.41, 5.74) is 1.52. The van der Waals surface area contributed by atoms with Crippen LogP contribution in [0.4, 0.5) is 10.1 Å². The first-order chi connectivity index (χ1) is 11.4. The topological polar surface area (TPSA) is 41.8 Å². The Bertz CT molecular complexity index is 841. The van der Waals surface area contributed by atoms with Crippen molar-refractivity contribution in [2.75, 3.05) is 18.6 Å². The zero-order chi connectivity index (χ0) is 17.4. The maximum atomic E-state index is 13.3. The molecule has 0 spiro atoms. The highest BCUT2D eigenvalue weighted by Crippen LogP contribution is 2.28. The number of rotatable bonds is 4. The summed E-state index contributed by atoms with van der Waals surface area (Å²) >= 11 is 11.9. The van der Waals surface area contributed by atoms with E-state index in [-0.39, 0.29) is 12.2 Å². The van der Waals surface area contributed by atoms with E-state index in [1.165, 1.54) is 17.0 Å². The van der Waals surface area contributed by atoms with E-state index in [1.54, 1.807) is 12.1 Å². The van der Waals surface area contributed by atoms with Crippen molar-refractivity contribution in [3.8, 4) is 0 Å². The second-order valence-electron chi connectivity index (χ2n) is 5.76. The number of halogens is 3. The number of benzene rings is 2. The van der Waals surface area contributed by atoms with Crippen LogP contribution in [0.1, 0.15) is 15.9 Å². The molecule has 0 aromatic heterocycles. The van der Waals surface area contributed by atoms with Crippen LogP contribution in [0.5, 0.6) is 0 Å². The Hall–Kier alpha value is -1.95. The van der Waals surface area contributed by atoms with E-state index >= 15 is 0 Å². The molecule has 3 rings (SSSR count). The Balaban J connectivity index is 1.77. The number of nitrogens with zero attached hydrogens (tertiary/aromatic N) is 1. The molecule has 4 nitrogen and oxygen atoms in total. The second kappa shape index (κ2) is 6.51. The van der Waals surface area contributed by atoms with Gasteiger partial charge in [-0.15, -0.1) is 0 Å². The summed E-state index contributed by atoms with van der Waals surface area (Å²) < 4.78 is 13.3. The molecule has 0 bridgehead atoms. The fraction of sp³-hybridized carbons (Fsp3) is 0.176. The van der Waals surface area contributed by atoms with Gasteiger partial charge in [-0.3, -0.25) is 14.5 Å².